The van der Waals surface area contributed by atoms with Crippen LogP contribution >= 0.6 is 11.6 Å². The molecule has 1 aromatic rings. The van der Waals surface area contributed by atoms with Crippen molar-refractivity contribution in [3.05, 3.63) is 52.6 Å². The lowest BCUT2D eigenvalue weighted by Crippen LogP contribution is -2.59. The summed E-state index contributed by atoms with van der Waals surface area (Å²) < 4.78 is 32.3. The molecular weight excluding hydrogens is 390 g/mol. The highest BCUT2D eigenvalue weighted by Crippen LogP contribution is 2.47. The number of sulfonamides is 1. The zero-order chi connectivity index (χ0) is 20.0. The molecule has 0 spiro atoms. The zero-order valence-corrected chi connectivity index (χ0v) is 16.8. The van der Waals surface area contributed by atoms with Crippen molar-refractivity contribution in [1.82, 2.24) is 4.31 Å². The summed E-state index contributed by atoms with van der Waals surface area (Å²) in [6.07, 6.45) is 3.21. The molecule has 0 fully saturated rings. The summed E-state index contributed by atoms with van der Waals surface area (Å²) in [5.41, 5.74) is 0.713. The summed E-state index contributed by atoms with van der Waals surface area (Å²) in [5.74, 6) is -1.23. The predicted molar refractivity (Wildman–Crippen MR) is 100 cm³/mol. The van der Waals surface area contributed by atoms with Crippen LogP contribution in [0.1, 0.15) is 26.7 Å². The van der Waals surface area contributed by atoms with Crippen molar-refractivity contribution >= 4 is 33.5 Å². The smallest absolute Gasteiger partial charge is 0.318 e. The van der Waals surface area contributed by atoms with Gasteiger partial charge in [-0.25, -0.2) is 12.7 Å². The number of hydrogen-bond donors (Lipinski definition) is 0. The first-order valence-electron chi connectivity index (χ1n) is 8.40. The van der Waals surface area contributed by atoms with E-state index in [4.69, 9.17) is 16.3 Å². The van der Waals surface area contributed by atoms with E-state index in [1.165, 1.54) is 37.5 Å². The Kier molecular flexibility index (Phi) is 4.94. The van der Waals surface area contributed by atoms with Crippen molar-refractivity contribution in [2.75, 3.05) is 7.11 Å². The van der Waals surface area contributed by atoms with Crippen LogP contribution in [0, 0.1) is 5.41 Å². The number of benzene rings is 1. The molecule has 0 saturated heterocycles. The number of rotatable bonds is 3. The Labute approximate surface area is 163 Å². The number of hydrogen-bond acceptors (Lipinski definition) is 5. The number of carbonyl (C=O) groups excluding carboxylic acids is 2. The highest BCUT2D eigenvalue weighted by molar-refractivity contribution is 7.89. The van der Waals surface area contributed by atoms with Crippen LogP contribution in [0.5, 0.6) is 0 Å². The summed E-state index contributed by atoms with van der Waals surface area (Å²) >= 11 is 5.85. The lowest BCUT2D eigenvalue weighted by Gasteiger charge is -2.47. The van der Waals surface area contributed by atoms with Crippen LogP contribution in [0.4, 0.5) is 0 Å². The van der Waals surface area contributed by atoms with Gasteiger partial charge in [-0.2, -0.15) is 0 Å². The molecular formula is C19H20ClNO5S. The molecule has 2 atom stereocenters. The molecule has 3 rings (SSSR count). The number of halogens is 1. The topological polar surface area (TPSA) is 80.8 Å². The van der Waals surface area contributed by atoms with E-state index in [0.717, 1.165) is 21.5 Å². The number of ether oxygens (including phenoxy) is 1. The third-order valence-electron chi connectivity index (χ3n) is 5.34. The molecule has 0 radical (unpaired) electrons. The van der Waals surface area contributed by atoms with Crippen LogP contribution in [0.2, 0.25) is 5.02 Å². The minimum atomic E-state index is -4.18. The van der Waals surface area contributed by atoms with Crippen LogP contribution < -0.4 is 0 Å². The fourth-order valence-corrected chi connectivity index (χ4v) is 5.46. The molecule has 1 heterocycles. The standard InChI is InChI=1S/C19H20ClNO5S/c1-12-10-16-19(11-13(12)2,18(23)26-3)9-8-17(22)21(16)27(24,25)15-6-4-14(20)5-7-15/h4-9,16H,10-11H2,1-3H3/t16-,19-/m1/s1. The molecule has 0 unspecified atom stereocenters. The number of carbonyl (C=O) groups is 2. The molecule has 1 aliphatic carbocycles. The highest BCUT2D eigenvalue weighted by atomic mass is 35.5. The van der Waals surface area contributed by atoms with Crippen molar-refractivity contribution in [2.45, 2.75) is 37.6 Å². The maximum atomic E-state index is 13.3. The minimum Gasteiger partial charge on any atom is -0.468 e. The number of esters is 1. The third kappa shape index (κ3) is 3.08. The molecule has 8 heteroatoms. The SMILES string of the molecule is COC(=O)[C@@]12C=CC(=O)N(S(=O)(=O)c3ccc(Cl)cc3)[C@@H]1CC(C)=C(C)C2. The first-order chi connectivity index (χ1) is 12.6. The van der Waals surface area contributed by atoms with Gasteiger partial charge in [0, 0.05) is 11.1 Å². The summed E-state index contributed by atoms with van der Waals surface area (Å²) in [6, 6.07) is 4.71. The fourth-order valence-electron chi connectivity index (χ4n) is 3.74. The second-order valence-electron chi connectivity index (χ2n) is 6.92. The Morgan fingerprint density at radius 3 is 2.44 bits per heavy atom. The van der Waals surface area contributed by atoms with E-state index in [-0.39, 0.29) is 11.3 Å². The van der Waals surface area contributed by atoms with Crippen LogP contribution in [0.25, 0.3) is 0 Å². The third-order valence-corrected chi connectivity index (χ3v) is 7.41. The molecule has 0 N–H and O–H groups in total. The number of methoxy groups -OCH3 is 1. The van der Waals surface area contributed by atoms with Crippen LogP contribution in [0.3, 0.4) is 0 Å². The fraction of sp³-hybridized carbons (Fsp3) is 0.368. The maximum absolute atomic E-state index is 13.3. The van der Waals surface area contributed by atoms with E-state index in [1.807, 2.05) is 13.8 Å². The normalized spacial score (nSPS) is 25.4. The molecule has 6 nitrogen and oxygen atoms in total. The van der Waals surface area contributed by atoms with Crippen molar-refractivity contribution in [3.63, 3.8) is 0 Å². The molecule has 144 valence electrons. The van der Waals surface area contributed by atoms with Gasteiger partial charge in [-0.05, 0) is 51.0 Å². The summed E-state index contributed by atoms with van der Waals surface area (Å²) in [4.78, 5) is 25.3. The predicted octanol–water partition coefficient (Wildman–Crippen LogP) is 3.09. The highest BCUT2D eigenvalue weighted by Gasteiger charge is 2.56. The molecule has 27 heavy (non-hydrogen) atoms. The maximum Gasteiger partial charge on any atom is 0.318 e. The second-order valence-corrected chi connectivity index (χ2v) is 9.17. The molecule has 0 aromatic heterocycles. The monoisotopic (exact) mass is 409 g/mol. The number of amides is 1. The summed E-state index contributed by atoms with van der Waals surface area (Å²) in [5, 5.41) is 0.384. The second kappa shape index (κ2) is 6.80. The van der Waals surface area contributed by atoms with Crippen LogP contribution in [-0.2, 0) is 24.3 Å². The van der Waals surface area contributed by atoms with Gasteiger partial charge in [0.05, 0.1) is 18.0 Å². The van der Waals surface area contributed by atoms with Crippen molar-refractivity contribution in [3.8, 4) is 0 Å². The lowest BCUT2D eigenvalue weighted by atomic mass is 9.67. The van der Waals surface area contributed by atoms with Gasteiger partial charge < -0.3 is 4.74 Å². The number of allylic oxidation sites excluding steroid dienone is 1. The van der Waals surface area contributed by atoms with Crippen LogP contribution in [0.15, 0.2) is 52.5 Å². The van der Waals surface area contributed by atoms with Crippen LogP contribution in [-0.4, -0.2) is 37.8 Å². The number of nitrogens with zero attached hydrogens (tertiary/aromatic N) is 1. The summed E-state index contributed by atoms with van der Waals surface area (Å²) in [6.45, 7) is 3.78. The van der Waals surface area contributed by atoms with E-state index in [9.17, 15) is 18.0 Å². The van der Waals surface area contributed by atoms with Gasteiger partial charge >= 0.3 is 5.97 Å². The van der Waals surface area contributed by atoms with E-state index in [0.29, 0.717) is 11.4 Å². The molecule has 0 bridgehead atoms. The zero-order valence-electron chi connectivity index (χ0n) is 15.2. The Morgan fingerprint density at radius 2 is 1.85 bits per heavy atom. The number of fused-ring (bicyclic) bond motifs is 1. The minimum absolute atomic E-state index is 0.0572. The first-order valence-corrected chi connectivity index (χ1v) is 10.2. The molecule has 2 aliphatic rings. The molecule has 0 saturated carbocycles. The van der Waals surface area contributed by atoms with E-state index < -0.39 is 33.4 Å². The Bertz CT molecular complexity index is 964. The quantitative estimate of drug-likeness (QED) is 0.566. The van der Waals surface area contributed by atoms with Gasteiger partial charge in [-0.15, -0.1) is 0 Å². The van der Waals surface area contributed by atoms with Crippen molar-refractivity contribution < 1.29 is 22.7 Å². The Hall–Kier alpha value is -2.12. The van der Waals surface area contributed by atoms with Gasteiger partial charge in [0.15, 0.2) is 0 Å². The van der Waals surface area contributed by atoms with E-state index in [2.05, 4.69) is 0 Å². The molecule has 1 aliphatic heterocycles. The van der Waals surface area contributed by atoms with Gasteiger partial charge in [0.25, 0.3) is 15.9 Å². The molecule has 1 aromatic carbocycles. The largest absolute Gasteiger partial charge is 0.468 e. The average molecular weight is 410 g/mol. The van der Waals surface area contributed by atoms with E-state index >= 15 is 0 Å². The van der Waals surface area contributed by atoms with Crippen molar-refractivity contribution in [1.29, 1.82) is 0 Å². The Morgan fingerprint density at radius 1 is 1.22 bits per heavy atom. The Balaban J connectivity index is 2.18. The van der Waals surface area contributed by atoms with Gasteiger partial charge in [-0.1, -0.05) is 28.8 Å². The molecule has 1 amide bonds. The lowest BCUT2D eigenvalue weighted by molar-refractivity contribution is -0.154. The van der Waals surface area contributed by atoms with Gasteiger partial charge in [0.2, 0.25) is 0 Å². The summed E-state index contributed by atoms with van der Waals surface area (Å²) in [7, 11) is -2.91. The van der Waals surface area contributed by atoms with Crippen molar-refractivity contribution in [2.24, 2.45) is 5.41 Å². The van der Waals surface area contributed by atoms with Gasteiger partial charge in [0.1, 0.15) is 5.41 Å². The van der Waals surface area contributed by atoms with E-state index in [1.54, 1.807) is 0 Å². The average Bonchev–Trinajstić information content (AvgIpc) is 2.62. The van der Waals surface area contributed by atoms with Gasteiger partial charge in [-0.3, -0.25) is 9.59 Å². The first kappa shape index (κ1) is 19.6.